The van der Waals surface area contributed by atoms with Crippen LogP contribution in [0.5, 0.6) is 0 Å². The second-order valence-electron chi connectivity index (χ2n) is 4.18. The van der Waals surface area contributed by atoms with Gasteiger partial charge in [0.15, 0.2) is 11.7 Å². The van der Waals surface area contributed by atoms with Crippen molar-refractivity contribution in [2.45, 2.75) is 38.9 Å². The first kappa shape index (κ1) is 16.7. The van der Waals surface area contributed by atoms with E-state index in [2.05, 4.69) is 27.5 Å². The highest BCUT2D eigenvalue weighted by molar-refractivity contribution is 7.09. The van der Waals surface area contributed by atoms with Crippen LogP contribution in [0, 0.1) is 0 Å². The standard InChI is InChI=1S/C12H19F3N4S/c1-3-4-5-6-17-11(16-2)18-7-10-19-9(8-20-10)12(13,14)15/h8H,3-7H2,1-2H3,(H2,16,17,18). The highest BCUT2D eigenvalue weighted by Gasteiger charge is 2.33. The number of hydrogen-bond acceptors (Lipinski definition) is 3. The van der Waals surface area contributed by atoms with E-state index in [1.165, 1.54) is 0 Å². The lowest BCUT2D eigenvalue weighted by atomic mass is 10.2. The molecule has 1 aromatic heterocycles. The van der Waals surface area contributed by atoms with Crippen molar-refractivity contribution in [3.05, 3.63) is 16.1 Å². The van der Waals surface area contributed by atoms with Crippen LogP contribution in [0.4, 0.5) is 13.2 Å². The SMILES string of the molecule is CCCCCNC(=NC)NCc1nc(C(F)(F)F)cs1. The van der Waals surface area contributed by atoms with Crippen molar-refractivity contribution in [2.75, 3.05) is 13.6 Å². The minimum atomic E-state index is -4.38. The van der Waals surface area contributed by atoms with Crippen LogP contribution >= 0.6 is 11.3 Å². The molecular weight excluding hydrogens is 289 g/mol. The number of aromatic nitrogens is 1. The van der Waals surface area contributed by atoms with Crippen LogP contribution in [0.1, 0.15) is 36.9 Å². The van der Waals surface area contributed by atoms with Gasteiger partial charge in [-0.25, -0.2) is 4.98 Å². The number of alkyl halides is 3. The molecule has 0 amide bonds. The Labute approximate surface area is 120 Å². The minimum absolute atomic E-state index is 0.230. The molecule has 0 aromatic carbocycles. The molecule has 0 saturated heterocycles. The number of rotatable bonds is 6. The maximum absolute atomic E-state index is 12.4. The predicted molar refractivity (Wildman–Crippen MR) is 74.8 cm³/mol. The van der Waals surface area contributed by atoms with Gasteiger partial charge in [-0.1, -0.05) is 19.8 Å². The van der Waals surface area contributed by atoms with Gasteiger partial charge in [-0.05, 0) is 6.42 Å². The molecule has 8 heteroatoms. The number of unbranched alkanes of at least 4 members (excludes halogenated alkanes) is 2. The van der Waals surface area contributed by atoms with Gasteiger partial charge in [0.25, 0.3) is 0 Å². The summed E-state index contributed by atoms with van der Waals surface area (Å²) in [6, 6.07) is 0. The Balaban J connectivity index is 2.39. The molecule has 0 saturated carbocycles. The zero-order valence-electron chi connectivity index (χ0n) is 11.5. The quantitative estimate of drug-likeness (QED) is 0.482. The molecule has 1 heterocycles. The van der Waals surface area contributed by atoms with Crippen molar-refractivity contribution in [3.63, 3.8) is 0 Å². The second kappa shape index (κ2) is 8.08. The Kier molecular flexibility index (Phi) is 6.77. The number of halogens is 3. The van der Waals surface area contributed by atoms with E-state index in [0.717, 1.165) is 42.5 Å². The number of aliphatic imine (C=N–C) groups is 1. The Hall–Kier alpha value is -1.31. The highest BCUT2D eigenvalue weighted by Crippen LogP contribution is 2.29. The molecule has 4 nitrogen and oxygen atoms in total. The number of hydrogen-bond donors (Lipinski definition) is 2. The first-order valence-corrected chi connectivity index (χ1v) is 7.31. The zero-order chi connectivity index (χ0) is 15.0. The van der Waals surface area contributed by atoms with E-state index in [4.69, 9.17) is 0 Å². The molecule has 0 fully saturated rings. The fraction of sp³-hybridized carbons (Fsp3) is 0.667. The summed E-state index contributed by atoms with van der Waals surface area (Å²) in [5.74, 6) is 0.574. The Bertz CT molecular complexity index is 429. The van der Waals surface area contributed by atoms with Crippen LogP contribution in [-0.2, 0) is 12.7 Å². The Morgan fingerprint density at radius 3 is 2.65 bits per heavy atom. The van der Waals surface area contributed by atoms with Crippen molar-refractivity contribution >= 4 is 17.3 Å². The molecule has 1 rings (SSSR count). The molecule has 20 heavy (non-hydrogen) atoms. The maximum atomic E-state index is 12.4. The number of guanidine groups is 1. The molecule has 0 bridgehead atoms. The van der Waals surface area contributed by atoms with E-state index in [-0.39, 0.29) is 6.54 Å². The van der Waals surface area contributed by atoms with Gasteiger partial charge in [-0.3, -0.25) is 4.99 Å². The van der Waals surface area contributed by atoms with E-state index in [9.17, 15) is 13.2 Å². The second-order valence-corrected chi connectivity index (χ2v) is 5.13. The molecule has 0 radical (unpaired) electrons. The van der Waals surface area contributed by atoms with Crippen LogP contribution in [0.25, 0.3) is 0 Å². The Morgan fingerprint density at radius 1 is 1.35 bits per heavy atom. The monoisotopic (exact) mass is 308 g/mol. The highest BCUT2D eigenvalue weighted by atomic mass is 32.1. The molecule has 0 unspecified atom stereocenters. The van der Waals surface area contributed by atoms with Crippen molar-refractivity contribution in [1.82, 2.24) is 15.6 Å². The summed E-state index contributed by atoms with van der Waals surface area (Å²) < 4.78 is 37.2. The summed E-state index contributed by atoms with van der Waals surface area (Å²) in [4.78, 5) is 7.55. The lowest BCUT2D eigenvalue weighted by molar-refractivity contribution is -0.140. The summed E-state index contributed by atoms with van der Waals surface area (Å²) in [5, 5.41) is 7.46. The third kappa shape index (κ3) is 5.77. The average molecular weight is 308 g/mol. The molecule has 0 spiro atoms. The molecule has 1 aromatic rings. The summed E-state index contributed by atoms with van der Waals surface area (Å²) in [6.07, 6.45) is -1.08. The molecule has 0 aliphatic heterocycles. The lowest BCUT2D eigenvalue weighted by Crippen LogP contribution is -2.37. The maximum Gasteiger partial charge on any atom is 0.434 e. The number of nitrogens with zero attached hydrogens (tertiary/aromatic N) is 2. The summed E-state index contributed by atoms with van der Waals surface area (Å²) in [7, 11) is 1.62. The largest absolute Gasteiger partial charge is 0.434 e. The fourth-order valence-corrected chi connectivity index (χ4v) is 2.22. The van der Waals surface area contributed by atoms with E-state index in [1.807, 2.05) is 0 Å². The third-order valence-corrected chi connectivity index (χ3v) is 3.39. The molecular formula is C12H19F3N4S. The van der Waals surface area contributed by atoms with E-state index >= 15 is 0 Å². The van der Waals surface area contributed by atoms with Gasteiger partial charge in [0.1, 0.15) is 5.01 Å². The average Bonchev–Trinajstić information content (AvgIpc) is 2.87. The van der Waals surface area contributed by atoms with Gasteiger partial charge in [-0.15, -0.1) is 11.3 Å². The lowest BCUT2D eigenvalue weighted by Gasteiger charge is -2.10. The minimum Gasteiger partial charge on any atom is -0.356 e. The summed E-state index contributed by atoms with van der Waals surface area (Å²) >= 11 is 0.984. The van der Waals surface area contributed by atoms with E-state index in [1.54, 1.807) is 7.05 Å². The van der Waals surface area contributed by atoms with Crippen LogP contribution in [0.2, 0.25) is 0 Å². The summed E-state index contributed by atoms with van der Waals surface area (Å²) in [6.45, 7) is 3.14. The number of thiazole rings is 1. The van der Waals surface area contributed by atoms with Gasteiger partial charge < -0.3 is 10.6 Å². The first-order valence-electron chi connectivity index (χ1n) is 6.43. The molecule has 0 aliphatic rings. The number of nitrogens with one attached hydrogen (secondary N) is 2. The van der Waals surface area contributed by atoms with Crippen molar-refractivity contribution in [2.24, 2.45) is 4.99 Å². The smallest absolute Gasteiger partial charge is 0.356 e. The Morgan fingerprint density at radius 2 is 2.10 bits per heavy atom. The van der Waals surface area contributed by atoms with E-state index < -0.39 is 11.9 Å². The molecule has 114 valence electrons. The topological polar surface area (TPSA) is 49.3 Å². The van der Waals surface area contributed by atoms with Gasteiger partial charge in [0, 0.05) is 19.0 Å². The zero-order valence-corrected chi connectivity index (χ0v) is 12.4. The predicted octanol–water partition coefficient (Wildman–Crippen LogP) is 3.02. The van der Waals surface area contributed by atoms with Gasteiger partial charge in [0.2, 0.25) is 0 Å². The molecule has 2 N–H and O–H groups in total. The molecule has 0 aliphatic carbocycles. The third-order valence-electron chi connectivity index (χ3n) is 2.55. The van der Waals surface area contributed by atoms with Crippen molar-refractivity contribution in [3.8, 4) is 0 Å². The molecule has 0 atom stereocenters. The van der Waals surface area contributed by atoms with Crippen LogP contribution in [0.15, 0.2) is 10.4 Å². The van der Waals surface area contributed by atoms with Crippen LogP contribution in [-0.4, -0.2) is 24.5 Å². The van der Waals surface area contributed by atoms with Gasteiger partial charge in [0.05, 0.1) is 6.54 Å². The van der Waals surface area contributed by atoms with Crippen molar-refractivity contribution in [1.29, 1.82) is 0 Å². The van der Waals surface area contributed by atoms with E-state index in [0.29, 0.717) is 11.0 Å². The van der Waals surface area contributed by atoms with Crippen molar-refractivity contribution < 1.29 is 13.2 Å². The first-order chi connectivity index (χ1) is 9.47. The van der Waals surface area contributed by atoms with Crippen LogP contribution < -0.4 is 10.6 Å². The summed E-state index contributed by atoms with van der Waals surface area (Å²) in [5.41, 5.74) is -0.842. The fourth-order valence-electron chi connectivity index (χ4n) is 1.48. The van der Waals surface area contributed by atoms with Gasteiger partial charge >= 0.3 is 6.18 Å². The van der Waals surface area contributed by atoms with Gasteiger partial charge in [-0.2, -0.15) is 13.2 Å². The van der Waals surface area contributed by atoms with Crippen LogP contribution in [0.3, 0.4) is 0 Å². The normalized spacial score (nSPS) is 12.6.